The number of nitrogens with one attached hydrogen (secondary N) is 1. The summed E-state index contributed by atoms with van der Waals surface area (Å²) in [5, 5.41) is 2.87. The summed E-state index contributed by atoms with van der Waals surface area (Å²) in [5.41, 5.74) is 1.72. The minimum atomic E-state index is -0.235. The van der Waals surface area contributed by atoms with Gasteiger partial charge in [-0.1, -0.05) is 6.07 Å². The minimum Gasteiger partial charge on any atom is -0.491 e. The second-order valence-corrected chi connectivity index (χ2v) is 7.08. The van der Waals surface area contributed by atoms with E-state index in [1.54, 1.807) is 36.4 Å². The Morgan fingerprint density at radius 3 is 2.30 bits per heavy atom. The smallest absolute Gasteiger partial charge is 0.255 e. The average molecular weight is 366 g/mol. The van der Waals surface area contributed by atoms with Crippen LogP contribution in [0, 0.1) is 0 Å². The molecule has 1 N–H and O–H groups in total. The molecule has 1 aliphatic rings. The van der Waals surface area contributed by atoms with Gasteiger partial charge in [-0.25, -0.2) is 0 Å². The zero-order valence-electron chi connectivity index (χ0n) is 15.9. The maximum atomic E-state index is 12.6. The van der Waals surface area contributed by atoms with E-state index in [-0.39, 0.29) is 17.9 Å². The van der Waals surface area contributed by atoms with Crippen LogP contribution in [0.4, 0.5) is 5.69 Å². The lowest BCUT2D eigenvalue weighted by molar-refractivity contribution is 0.0724. The fraction of sp³-hybridized carbons (Fsp3) is 0.364. The van der Waals surface area contributed by atoms with Gasteiger partial charge in [0.2, 0.25) is 0 Å². The van der Waals surface area contributed by atoms with Crippen LogP contribution >= 0.6 is 0 Å². The molecule has 1 heterocycles. The molecule has 2 amide bonds. The van der Waals surface area contributed by atoms with Gasteiger partial charge in [0.1, 0.15) is 5.75 Å². The van der Waals surface area contributed by atoms with Crippen LogP contribution in [-0.2, 0) is 0 Å². The van der Waals surface area contributed by atoms with Crippen molar-refractivity contribution < 1.29 is 14.3 Å². The van der Waals surface area contributed by atoms with Crippen molar-refractivity contribution in [3.63, 3.8) is 0 Å². The van der Waals surface area contributed by atoms with Crippen molar-refractivity contribution in [2.45, 2.75) is 39.2 Å². The fourth-order valence-electron chi connectivity index (χ4n) is 3.17. The first-order valence-electron chi connectivity index (χ1n) is 9.50. The highest BCUT2D eigenvalue weighted by Crippen LogP contribution is 2.19. The molecular formula is C22H26N2O3. The van der Waals surface area contributed by atoms with Gasteiger partial charge in [-0.05, 0) is 75.6 Å². The number of amides is 2. The number of ether oxygens (including phenoxy) is 1. The maximum Gasteiger partial charge on any atom is 0.255 e. The van der Waals surface area contributed by atoms with Crippen LogP contribution in [0.2, 0.25) is 0 Å². The molecule has 3 rings (SSSR count). The van der Waals surface area contributed by atoms with E-state index in [1.807, 2.05) is 30.9 Å². The van der Waals surface area contributed by atoms with Gasteiger partial charge in [-0.3, -0.25) is 9.59 Å². The van der Waals surface area contributed by atoms with E-state index in [0.29, 0.717) is 16.8 Å². The number of rotatable bonds is 5. The van der Waals surface area contributed by atoms with Crippen molar-refractivity contribution in [2.75, 3.05) is 18.4 Å². The molecule has 0 radical (unpaired) electrons. The largest absolute Gasteiger partial charge is 0.491 e. The topological polar surface area (TPSA) is 58.6 Å². The SMILES string of the molecule is CC(C)Oc1ccc(NC(=O)c2cccc(C(=O)N3CCCCC3)c2)cc1. The van der Waals surface area contributed by atoms with Gasteiger partial charge in [0, 0.05) is 29.9 Å². The highest BCUT2D eigenvalue weighted by atomic mass is 16.5. The second kappa shape index (κ2) is 8.71. The highest BCUT2D eigenvalue weighted by Gasteiger charge is 2.19. The molecule has 142 valence electrons. The Kier molecular flexibility index (Phi) is 6.12. The zero-order chi connectivity index (χ0) is 19.2. The summed E-state index contributed by atoms with van der Waals surface area (Å²) in [6.07, 6.45) is 3.36. The van der Waals surface area contributed by atoms with Crippen molar-refractivity contribution in [1.29, 1.82) is 0 Å². The van der Waals surface area contributed by atoms with Crippen LogP contribution < -0.4 is 10.1 Å². The Morgan fingerprint density at radius 2 is 1.63 bits per heavy atom. The van der Waals surface area contributed by atoms with E-state index in [1.165, 1.54) is 6.42 Å². The molecule has 0 saturated carbocycles. The number of carbonyl (C=O) groups excluding carboxylic acids is 2. The lowest BCUT2D eigenvalue weighted by atomic mass is 10.1. The average Bonchev–Trinajstić information content (AvgIpc) is 2.69. The number of carbonyl (C=O) groups is 2. The van der Waals surface area contributed by atoms with Crippen LogP contribution in [0.15, 0.2) is 48.5 Å². The number of likely N-dealkylation sites (tertiary alicyclic amines) is 1. The normalized spacial score (nSPS) is 14.1. The van der Waals surface area contributed by atoms with Crippen molar-refractivity contribution in [1.82, 2.24) is 4.90 Å². The van der Waals surface area contributed by atoms with Gasteiger partial charge in [-0.15, -0.1) is 0 Å². The van der Waals surface area contributed by atoms with Crippen LogP contribution in [0.5, 0.6) is 5.75 Å². The second-order valence-electron chi connectivity index (χ2n) is 7.08. The van der Waals surface area contributed by atoms with Crippen LogP contribution in [0.25, 0.3) is 0 Å². The lowest BCUT2D eigenvalue weighted by Crippen LogP contribution is -2.35. The molecule has 2 aromatic rings. The molecule has 5 nitrogen and oxygen atoms in total. The Bertz CT molecular complexity index is 793. The van der Waals surface area contributed by atoms with Crippen LogP contribution in [-0.4, -0.2) is 35.9 Å². The predicted molar refractivity (Wildman–Crippen MR) is 106 cm³/mol. The third-order valence-corrected chi connectivity index (χ3v) is 4.50. The first-order valence-corrected chi connectivity index (χ1v) is 9.50. The first-order chi connectivity index (χ1) is 13.0. The molecule has 0 atom stereocenters. The summed E-state index contributed by atoms with van der Waals surface area (Å²) in [4.78, 5) is 27.1. The van der Waals surface area contributed by atoms with E-state index in [4.69, 9.17) is 4.74 Å². The quantitative estimate of drug-likeness (QED) is 0.856. The number of hydrogen-bond donors (Lipinski definition) is 1. The molecule has 0 bridgehead atoms. The molecule has 1 saturated heterocycles. The number of piperidine rings is 1. The standard InChI is InChI=1S/C22H26N2O3/c1-16(2)27-20-11-9-19(10-12-20)23-21(25)17-7-6-8-18(15-17)22(26)24-13-4-3-5-14-24/h6-12,15-16H,3-5,13-14H2,1-2H3,(H,23,25). The molecular weight excluding hydrogens is 340 g/mol. The van der Waals surface area contributed by atoms with Gasteiger partial charge in [0.25, 0.3) is 11.8 Å². The van der Waals surface area contributed by atoms with Crippen molar-refractivity contribution >= 4 is 17.5 Å². The van der Waals surface area contributed by atoms with E-state index < -0.39 is 0 Å². The van der Waals surface area contributed by atoms with Gasteiger partial charge < -0.3 is 15.0 Å². The summed E-state index contributed by atoms with van der Waals surface area (Å²) in [6, 6.07) is 14.2. The summed E-state index contributed by atoms with van der Waals surface area (Å²) >= 11 is 0. The number of nitrogens with zero attached hydrogens (tertiary/aromatic N) is 1. The summed E-state index contributed by atoms with van der Waals surface area (Å²) in [6.45, 7) is 5.52. The van der Waals surface area contributed by atoms with Crippen molar-refractivity contribution in [3.8, 4) is 5.75 Å². The Morgan fingerprint density at radius 1 is 0.963 bits per heavy atom. The van der Waals surface area contributed by atoms with Gasteiger partial charge >= 0.3 is 0 Å². The van der Waals surface area contributed by atoms with E-state index in [0.717, 1.165) is 31.7 Å². The third-order valence-electron chi connectivity index (χ3n) is 4.50. The van der Waals surface area contributed by atoms with E-state index in [2.05, 4.69) is 5.32 Å². The van der Waals surface area contributed by atoms with Crippen LogP contribution in [0.3, 0.4) is 0 Å². The molecule has 0 spiro atoms. The Labute approximate surface area is 160 Å². The minimum absolute atomic E-state index is 0.000429. The van der Waals surface area contributed by atoms with Crippen LogP contribution in [0.1, 0.15) is 53.8 Å². The lowest BCUT2D eigenvalue weighted by Gasteiger charge is -2.26. The molecule has 0 aromatic heterocycles. The molecule has 2 aromatic carbocycles. The fourth-order valence-corrected chi connectivity index (χ4v) is 3.17. The summed E-state index contributed by atoms with van der Waals surface area (Å²) < 4.78 is 5.60. The molecule has 0 aliphatic carbocycles. The van der Waals surface area contributed by atoms with E-state index >= 15 is 0 Å². The molecule has 1 fully saturated rings. The van der Waals surface area contributed by atoms with Gasteiger partial charge in [0.15, 0.2) is 0 Å². The van der Waals surface area contributed by atoms with Gasteiger partial charge in [0.05, 0.1) is 6.10 Å². The number of hydrogen-bond acceptors (Lipinski definition) is 3. The number of anilines is 1. The molecule has 27 heavy (non-hydrogen) atoms. The Balaban J connectivity index is 1.67. The van der Waals surface area contributed by atoms with Crippen molar-refractivity contribution in [3.05, 3.63) is 59.7 Å². The highest BCUT2D eigenvalue weighted by molar-refractivity contribution is 6.06. The Hall–Kier alpha value is -2.82. The zero-order valence-corrected chi connectivity index (χ0v) is 15.9. The molecule has 1 aliphatic heterocycles. The van der Waals surface area contributed by atoms with Gasteiger partial charge in [-0.2, -0.15) is 0 Å². The first kappa shape index (κ1) is 19.0. The summed E-state index contributed by atoms with van der Waals surface area (Å²) in [5.74, 6) is 0.525. The monoisotopic (exact) mass is 366 g/mol. The third kappa shape index (κ3) is 5.09. The van der Waals surface area contributed by atoms with Crippen molar-refractivity contribution in [2.24, 2.45) is 0 Å². The van der Waals surface area contributed by atoms with E-state index in [9.17, 15) is 9.59 Å². The summed E-state index contributed by atoms with van der Waals surface area (Å²) in [7, 11) is 0. The predicted octanol–water partition coefficient (Wildman–Crippen LogP) is 4.35. The number of benzene rings is 2. The molecule has 5 heteroatoms. The maximum absolute atomic E-state index is 12.6. The molecule has 0 unspecified atom stereocenters.